The second-order valence-electron chi connectivity index (χ2n) is 9.86. The van der Waals surface area contributed by atoms with Gasteiger partial charge in [0, 0.05) is 5.92 Å². The second kappa shape index (κ2) is 10.0. The van der Waals surface area contributed by atoms with Crippen LogP contribution in [0.15, 0.2) is 114 Å². The van der Waals surface area contributed by atoms with Gasteiger partial charge < -0.3 is 0 Å². The Hall–Kier alpha value is -3.21. The van der Waals surface area contributed by atoms with Gasteiger partial charge in [0.15, 0.2) is 0 Å². The molecular formula is C32H33NO2S. The highest BCUT2D eigenvalue weighted by molar-refractivity contribution is 7.89. The third-order valence-corrected chi connectivity index (χ3v) is 9.44. The summed E-state index contributed by atoms with van der Waals surface area (Å²) in [7, 11) is -3.74. The zero-order valence-corrected chi connectivity index (χ0v) is 21.9. The fourth-order valence-corrected chi connectivity index (χ4v) is 7.58. The maximum Gasteiger partial charge on any atom is 0.244 e. The number of sulfonamides is 1. The Morgan fingerprint density at radius 1 is 0.667 bits per heavy atom. The van der Waals surface area contributed by atoms with Gasteiger partial charge in [-0.05, 0) is 55.0 Å². The van der Waals surface area contributed by atoms with E-state index in [1.54, 1.807) is 16.4 Å². The molecule has 4 aromatic carbocycles. The smallest absolute Gasteiger partial charge is 0.207 e. The van der Waals surface area contributed by atoms with E-state index in [1.165, 1.54) is 11.1 Å². The summed E-state index contributed by atoms with van der Waals surface area (Å²) in [6.45, 7) is 6.29. The molecule has 0 aliphatic carbocycles. The Morgan fingerprint density at radius 2 is 1.11 bits per heavy atom. The number of nitrogens with zero attached hydrogens (tertiary/aromatic N) is 1. The fourth-order valence-electron chi connectivity index (χ4n) is 5.74. The lowest BCUT2D eigenvalue weighted by molar-refractivity contribution is -0.00388. The molecule has 0 N–H and O–H groups in total. The second-order valence-corrected chi connectivity index (χ2v) is 11.7. The van der Waals surface area contributed by atoms with E-state index in [9.17, 15) is 8.42 Å². The molecule has 1 aliphatic rings. The molecule has 0 bridgehead atoms. The van der Waals surface area contributed by atoms with Gasteiger partial charge in [0.2, 0.25) is 10.0 Å². The molecule has 4 heteroatoms. The van der Waals surface area contributed by atoms with Gasteiger partial charge in [0.25, 0.3) is 0 Å². The molecule has 3 nitrogen and oxygen atoms in total. The van der Waals surface area contributed by atoms with Crippen molar-refractivity contribution in [3.63, 3.8) is 0 Å². The van der Waals surface area contributed by atoms with Crippen LogP contribution in [0.25, 0.3) is 0 Å². The van der Waals surface area contributed by atoms with E-state index in [4.69, 9.17) is 0 Å². The molecule has 1 heterocycles. The Morgan fingerprint density at radius 3 is 1.56 bits per heavy atom. The summed E-state index contributed by atoms with van der Waals surface area (Å²) in [5.74, 6) is 0.313. The van der Waals surface area contributed by atoms with Crippen molar-refractivity contribution < 1.29 is 8.42 Å². The molecule has 1 fully saturated rings. The third kappa shape index (κ3) is 4.40. The summed E-state index contributed by atoms with van der Waals surface area (Å²) in [6, 6.07) is 35.7. The van der Waals surface area contributed by atoms with Gasteiger partial charge in [-0.25, -0.2) is 8.42 Å². The van der Waals surface area contributed by atoms with Gasteiger partial charge in [-0.1, -0.05) is 115 Å². The summed E-state index contributed by atoms with van der Waals surface area (Å²) in [6.07, 6.45) is 0.929. The van der Waals surface area contributed by atoms with E-state index in [1.807, 2.05) is 55.5 Å². The molecule has 36 heavy (non-hydrogen) atoms. The van der Waals surface area contributed by atoms with E-state index in [2.05, 4.69) is 62.4 Å². The summed E-state index contributed by atoms with van der Waals surface area (Å²) in [5.41, 5.74) is 5.61. The lowest BCUT2D eigenvalue weighted by Crippen LogP contribution is -2.56. The topological polar surface area (TPSA) is 37.4 Å². The predicted octanol–water partition coefficient (Wildman–Crippen LogP) is 7.60. The van der Waals surface area contributed by atoms with Crippen LogP contribution >= 0.6 is 0 Å². The number of hydrogen-bond acceptors (Lipinski definition) is 2. The van der Waals surface area contributed by atoms with Crippen LogP contribution in [0, 0.1) is 19.8 Å². The zero-order valence-electron chi connectivity index (χ0n) is 21.1. The molecule has 1 saturated heterocycles. The first-order chi connectivity index (χ1) is 17.4. The molecule has 184 valence electrons. The Balaban J connectivity index is 1.69. The van der Waals surface area contributed by atoms with Gasteiger partial charge in [-0.3, -0.25) is 0 Å². The SMILES string of the molecule is CC[C@H](c1ccc(C)cc1)C1[C@@H](c2ccccc2)N(S(=O)(=O)c2ccc(C)cc2)[C@H]1c1ccccc1. The fraction of sp³-hybridized carbons (Fsp3) is 0.250. The lowest BCUT2D eigenvalue weighted by Gasteiger charge is -2.57. The molecule has 1 unspecified atom stereocenters. The molecular weight excluding hydrogens is 462 g/mol. The van der Waals surface area contributed by atoms with Gasteiger partial charge in [-0.15, -0.1) is 0 Å². The van der Waals surface area contributed by atoms with Crippen LogP contribution in [-0.4, -0.2) is 12.7 Å². The van der Waals surface area contributed by atoms with Crippen molar-refractivity contribution in [2.24, 2.45) is 5.92 Å². The minimum Gasteiger partial charge on any atom is -0.207 e. The van der Waals surface area contributed by atoms with Crippen LogP contribution in [-0.2, 0) is 10.0 Å². The molecule has 0 radical (unpaired) electrons. The van der Waals surface area contributed by atoms with Crippen LogP contribution in [0.2, 0.25) is 0 Å². The van der Waals surface area contributed by atoms with Gasteiger partial charge in [-0.2, -0.15) is 4.31 Å². The molecule has 5 rings (SSSR count). The summed E-state index contributed by atoms with van der Waals surface area (Å²) < 4.78 is 30.3. The van der Waals surface area contributed by atoms with Crippen molar-refractivity contribution in [1.82, 2.24) is 4.31 Å². The summed E-state index contributed by atoms with van der Waals surface area (Å²) in [5, 5.41) is 0. The summed E-state index contributed by atoms with van der Waals surface area (Å²) >= 11 is 0. The van der Waals surface area contributed by atoms with Crippen molar-refractivity contribution in [3.05, 3.63) is 137 Å². The number of rotatable bonds is 7. The standard InChI is InChI=1S/C32H33NO2S/c1-4-29(25-19-15-23(2)16-20-25)30-31(26-11-7-5-8-12-26)33(32(30)27-13-9-6-10-14-27)36(34,35)28-21-17-24(3)18-22-28/h5-22,29-32H,4H2,1-3H3/t29-,30?,31-,32+/m1/s1. The van der Waals surface area contributed by atoms with Gasteiger partial charge in [0.1, 0.15) is 0 Å². The van der Waals surface area contributed by atoms with E-state index in [-0.39, 0.29) is 23.9 Å². The molecule has 0 aromatic heterocycles. The van der Waals surface area contributed by atoms with Crippen LogP contribution in [0.1, 0.15) is 59.2 Å². The highest BCUT2D eigenvalue weighted by Crippen LogP contribution is 2.60. The van der Waals surface area contributed by atoms with E-state index in [0.717, 1.165) is 23.1 Å². The molecule has 4 aromatic rings. The van der Waals surface area contributed by atoms with E-state index < -0.39 is 10.0 Å². The zero-order chi connectivity index (χ0) is 25.3. The highest BCUT2D eigenvalue weighted by Gasteiger charge is 2.57. The number of hydrogen-bond donors (Lipinski definition) is 0. The number of benzene rings is 4. The summed E-state index contributed by atoms with van der Waals surface area (Å²) in [4.78, 5) is 0.344. The normalized spacial score (nSPS) is 21.0. The average molecular weight is 496 g/mol. The molecule has 1 aliphatic heterocycles. The van der Waals surface area contributed by atoms with Crippen LogP contribution in [0.3, 0.4) is 0 Å². The van der Waals surface area contributed by atoms with E-state index >= 15 is 0 Å². The monoisotopic (exact) mass is 495 g/mol. The first-order valence-electron chi connectivity index (χ1n) is 12.7. The first kappa shape index (κ1) is 24.5. The minimum absolute atomic E-state index is 0.0997. The molecule has 0 spiro atoms. The number of aryl methyl sites for hydroxylation is 2. The third-order valence-electron chi connectivity index (χ3n) is 7.57. The average Bonchev–Trinajstić information content (AvgIpc) is 2.88. The maximum absolute atomic E-state index is 14.3. The van der Waals surface area contributed by atoms with E-state index in [0.29, 0.717) is 4.90 Å². The molecule has 4 atom stereocenters. The van der Waals surface area contributed by atoms with Crippen molar-refractivity contribution in [2.75, 3.05) is 0 Å². The van der Waals surface area contributed by atoms with Crippen molar-refractivity contribution in [1.29, 1.82) is 0 Å². The lowest BCUT2D eigenvalue weighted by atomic mass is 9.66. The highest BCUT2D eigenvalue weighted by atomic mass is 32.2. The van der Waals surface area contributed by atoms with Gasteiger partial charge >= 0.3 is 0 Å². The van der Waals surface area contributed by atoms with Crippen molar-refractivity contribution in [2.45, 2.75) is 50.1 Å². The Labute approximate surface area is 215 Å². The largest absolute Gasteiger partial charge is 0.244 e. The van der Waals surface area contributed by atoms with Crippen molar-refractivity contribution in [3.8, 4) is 0 Å². The maximum atomic E-state index is 14.3. The van der Waals surface area contributed by atoms with Crippen LogP contribution < -0.4 is 0 Å². The Bertz CT molecular complexity index is 1350. The van der Waals surface area contributed by atoms with Crippen LogP contribution in [0.5, 0.6) is 0 Å². The molecule has 0 saturated carbocycles. The van der Waals surface area contributed by atoms with Gasteiger partial charge in [0.05, 0.1) is 17.0 Å². The predicted molar refractivity (Wildman–Crippen MR) is 146 cm³/mol. The van der Waals surface area contributed by atoms with Crippen molar-refractivity contribution >= 4 is 10.0 Å². The van der Waals surface area contributed by atoms with Crippen LogP contribution in [0.4, 0.5) is 0 Å². The quantitative estimate of drug-likeness (QED) is 0.265. The minimum atomic E-state index is -3.74. The Kier molecular flexibility index (Phi) is 6.83. The first-order valence-corrected chi connectivity index (χ1v) is 14.1. The molecule has 0 amide bonds.